The van der Waals surface area contributed by atoms with E-state index < -0.39 is 12.2 Å². The Bertz CT molecular complexity index is 508. The molecular formula is C15H20N2O5. The summed E-state index contributed by atoms with van der Waals surface area (Å²) in [5.41, 5.74) is 0. The van der Waals surface area contributed by atoms with Crippen LogP contribution >= 0.6 is 0 Å². The van der Waals surface area contributed by atoms with Crippen molar-refractivity contribution in [1.82, 2.24) is 9.80 Å². The fourth-order valence-electron chi connectivity index (χ4n) is 2.55. The predicted octanol–water partition coefficient (Wildman–Crippen LogP) is 2.19. The van der Waals surface area contributed by atoms with Crippen LogP contribution in [-0.4, -0.2) is 64.5 Å². The van der Waals surface area contributed by atoms with Crippen molar-refractivity contribution in [1.29, 1.82) is 0 Å². The highest BCUT2D eigenvalue weighted by atomic mass is 16.5. The number of hydrogen-bond donors (Lipinski definition) is 2. The molecule has 1 aromatic carbocycles. The van der Waals surface area contributed by atoms with Gasteiger partial charge in [0.15, 0.2) is 0 Å². The summed E-state index contributed by atoms with van der Waals surface area (Å²) < 4.78 is 5.57. The first-order chi connectivity index (χ1) is 10.6. The third-order valence-corrected chi connectivity index (χ3v) is 3.69. The SMILES string of the molecule is O=C(O)N1CCN(C(=O)O)[C@H](CCCOc2ccccc2)C1. The van der Waals surface area contributed by atoms with E-state index in [1.54, 1.807) is 0 Å². The van der Waals surface area contributed by atoms with Crippen molar-refractivity contribution in [2.24, 2.45) is 0 Å². The van der Waals surface area contributed by atoms with Gasteiger partial charge in [-0.2, -0.15) is 0 Å². The minimum Gasteiger partial charge on any atom is -0.494 e. The van der Waals surface area contributed by atoms with Gasteiger partial charge in [-0.3, -0.25) is 0 Å². The smallest absolute Gasteiger partial charge is 0.407 e. The maximum atomic E-state index is 11.2. The second kappa shape index (κ2) is 7.53. The van der Waals surface area contributed by atoms with Crippen LogP contribution in [0.4, 0.5) is 9.59 Å². The van der Waals surface area contributed by atoms with E-state index in [-0.39, 0.29) is 25.7 Å². The molecule has 7 heteroatoms. The number of rotatable bonds is 5. The third kappa shape index (κ3) is 4.28. The number of hydrogen-bond acceptors (Lipinski definition) is 3. The van der Waals surface area contributed by atoms with E-state index in [9.17, 15) is 14.7 Å². The van der Waals surface area contributed by atoms with Gasteiger partial charge in [0.25, 0.3) is 0 Å². The van der Waals surface area contributed by atoms with Crippen molar-refractivity contribution in [2.75, 3.05) is 26.2 Å². The van der Waals surface area contributed by atoms with Crippen molar-refractivity contribution in [3.05, 3.63) is 30.3 Å². The monoisotopic (exact) mass is 308 g/mol. The molecule has 2 amide bonds. The number of amides is 2. The summed E-state index contributed by atoms with van der Waals surface area (Å²) in [6.45, 7) is 1.12. The lowest BCUT2D eigenvalue weighted by atomic mass is 10.1. The Balaban J connectivity index is 1.82. The minimum atomic E-state index is -1.00. The van der Waals surface area contributed by atoms with Gasteiger partial charge in [-0.1, -0.05) is 18.2 Å². The van der Waals surface area contributed by atoms with Gasteiger partial charge in [-0.05, 0) is 25.0 Å². The average Bonchev–Trinajstić information content (AvgIpc) is 2.52. The quantitative estimate of drug-likeness (QED) is 0.814. The van der Waals surface area contributed by atoms with Crippen LogP contribution in [0.15, 0.2) is 30.3 Å². The van der Waals surface area contributed by atoms with Gasteiger partial charge in [0, 0.05) is 19.6 Å². The molecule has 2 N–H and O–H groups in total. The second-order valence-corrected chi connectivity index (χ2v) is 5.16. The fraction of sp³-hybridized carbons (Fsp3) is 0.467. The first-order valence-corrected chi connectivity index (χ1v) is 7.23. The molecule has 2 rings (SSSR count). The van der Waals surface area contributed by atoms with Crippen LogP contribution in [0.3, 0.4) is 0 Å². The number of carboxylic acid groups (broad SMARTS) is 2. The maximum Gasteiger partial charge on any atom is 0.407 e. The number of para-hydroxylation sites is 1. The summed E-state index contributed by atoms with van der Waals surface area (Å²) in [6, 6.07) is 9.06. The molecule has 22 heavy (non-hydrogen) atoms. The Morgan fingerprint density at radius 2 is 1.86 bits per heavy atom. The Kier molecular flexibility index (Phi) is 5.46. The zero-order valence-corrected chi connectivity index (χ0v) is 12.2. The van der Waals surface area contributed by atoms with Crippen molar-refractivity contribution in [2.45, 2.75) is 18.9 Å². The Hall–Kier alpha value is -2.44. The first kappa shape index (κ1) is 15.9. The van der Waals surface area contributed by atoms with E-state index in [2.05, 4.69) is 0 Å². The lowest BCUT2D eigenvalue weighted by molar-refractivity contribution is 0.0591. The molecule has 0 spiro atoms. The van der Waals surface area contributed by atoms with Gasteiger partial charge in [0.1, 0.15) is 5.75 Å². The lowest BCUT2D eigenvalue weighted by Gasteiger charge is -2.38. The van der Waals surface area contributed by atoms with E-state index in [0.29, 0.717) is 19.4 Å². The fourth-order valence-corrected chi connectivity index (χ4v) is 2.55. The highest BCUT2D eigenvalue weighted by Gasteiger charge is 2.31. The number of piperazine rings is 1. The van der Waals surface area contributed by atoms with Crippen LogP contribution in [0.5, 0.6) is 5.75 Å². The van der Waals surface area contributed by atoms with Gasteiger partial charge in [-0.25, -0.2) is 9.59 Å². The van der Waals surface area contributed by atoms with E-state index in [1.165, 1.54) is 9.80 Å². The van der Waals surface area contributed by atoms with Crippen molar-refractivity contribution in [3.63, 3.8) is 0 Å². The molecule has 1 saturated heterocycles. The van der Waals surface area contributed by atoms with Crippen molar-refractivity contribution >= 4 is 12.2 Å². The van der Waals surface area contributed by atoms with E-state index >= 15 is 0 Å². The van der Waals surface area contributed by atoms with Crippen molar-refractivity contribution < 1.29 is 24.5 Å². The minimum absolute atomic E-state index is 0.214. The van der Waals surface area contributed by atoms with Crippen molar-refractivity contribution in [3.8, 4) is 5.75 Å². The molecule has 1 atom stereocenters. The summed E-state index contributed by atoms with van der Waals surface area (Å²) in [6.07, 6.45) is -0.769. The van der Waals surface area contributed by atoms with Crippen LogP contribution in [0.25, 0.3) is 0 Å². The number of ether oxygens (including phenoxy) is 1. The molecule has 0 saturated carbocycles. The molecule has 1 aromatic rings. The summed E-state index contributed by atoms with van der Waals surface area (Å²) in [4.78, 5) is 24.8. The molecule has 1 fully saturated rings. The highest BCUT2D eigenvalue weighted by Crippen LogP contribution is 2.16. The average molecular weight is 308 g/mol. The highest BCUT2D eigenvalue weighted by molar-refractivity contribution is 5.68. The van der Waals surface area contributed by atoms with Gasteiger partial charge in [0.2, 0.25) is 0 Å². The topological polar surface area (TPSA) is 90.3 Å². The first-order valence-electron chi connectivity index (χ1n) is 7.23. The van der Waals surface area contributed by atoms with E-state index in [1.807, 2.05) is 30.3 Å². The molecule has 7 nitrogen and oxygen atoms in total. The summed E-state index contributed by atoms with van der Waals surface area (Å²) in [7, 11) is 0. The normalized spacial score (nSPS) is 18.1. The molecule has 120 valence electrons. The summed E-state index contributed by atoms with van der Waals surface area (Å²) >= 11 is 0. The molecule has 0 aromatic heterocycles. The third-order valence-electron chi connectivity index (χ3n) is 3.69. The summed E-state index contributed by atoms with van der Waals surface area (Å²) in [5.74, 6) is 0.772. The van der Waals surface area contributed by atoms with E-state index in [4.69, 9.17) is 9.84 Å². The predicted molar refractivity (Wildman–Crippen MR) is 79.3 cm³/mol. The zero-order valence-electron chi connectivity index (χ0n) is 12.2. The van der Waals surface area contributed by atoms with Gasteiger partial charge in [-0.15, -0.1) is 0 Å². The van der Waals surface area contributed by atoms with Gasteiger partial charge >= 0.3 is 12.2 Å². The standard InChI is InChI=1S/C15H20N2O5/c18-14(19)16-8-9-17(15(20)21)12(11-16)5-4-10-22-13-6-2-1-3-7-13/h1-3,6-7,12H,4-5,8-11H2,(H,18,19)(H,20,21)/t12-/m1/s1. The molecule has 0 radical (unpaired) electrons. The molecule has 0 aliphatic carbocycles. The van der Waals surface area contributed by atoms with Gasteiger partial charge in [0.05, 0.1) is 12.6 Å². The molecule has 1 aliphatic rings. The molecule has 1 heterocycles. The Morgan fingerprint density at radius 1 is 1.14 bits per heavy atom. The van der Waals surface area contributed by atoms with E-state index in [0.717, 1.165) is 5.75 Å². The second-order valence-electron chi connectivity index (χ2n) is 5.16. The van der Waals surface area contributed by atoms with Crippen LogP contribution in [0, 0.1) is 0 Å². The lowest BCUT2D eigenvalue weighted by Crippen LogP contribution is -2.56. The van der Waals surface area contributed by atoms with Crippen LogP contribution in [-0.2, 0) is 0 Å². The number of benzene rings is 1. The molecule has 1 aliphatic heterocycles. The zero-order chi connectivity index (χ0) is 15.9. The maximum absolute atomic E-state index is 11.2. The van der Waals surface area contributed by atoms with Crippen LogP contribution < -0.4 is 4.74 Å². The molecular weight excluding hydrogens is 288 g/mol. The Labute approximate surface area is 128 Å². The number of carbonyl (C=O) groups is 2. The van der Waals surface area contributed by atoms with Gasteiger partial charge < -0.3 is 24.7 Å². The Morgan fingerprint density at radius 3 is 2.50 bits per heavy atom. The molecule has 0 bridgehead atoms. The largest absolute Gasteiger partial charge is 0.494 e. The summed E-state index contributed by atoms with van der Waals surface area (Å²) in [5, 5.41) is 18.2. The van der Waals surface area contributed by atoms with Crippen LogP contribution in [0.1, 0.15) is 12.8 Å². The number of nitrogens with zero attached hydrogens (tertiary/aromatic N) is 2. The molecule has 0 unspecified atom stereocenters. The van der Waals surface area contributed by atoms with Crippen LogP contribution in [0.2, 0.25) is 0 Å².